The predicted octanol–water partition coefficient (Wildman–Crippen LogP) is 2.99. The van der Waals surface area contributed by atoms with Crippen LogP contribution in [0.3, 0.4) is 0 Å². The molecule has 0 spiro atoms. The van der Waals surface area contributed by atoms with E-state index in [4.69, 9.17) is 4.18 Å². The summed E-state index contributed by atoms with van der Waals surface area (Å²) in [7, 11) is 3.49. The lowest BCUT2D eigenvalue weighted by molar-refractivity contribution is 0.408. The monoisotopic (exact) mass is 170 g/mol. The molecule has 1 nitrogen and oxygen atoms in total. The van der Waals surface area contributed by atoms with Crippen LogP contribution in [-0.4, -0.2) is 12.4 Å². The summed E-state index contributed by atoms with van der Waals surface area (Å²) >= 11 is 1.46. The molecule has 0 aliphatic rings. The number of hydrogen-bond donors (Lipinski definition) is 0. The van der Waals surface area contributed by atoms with Crippen molar-refractivity contribution >= 4 is 31.7 Å². The van der Waals surface area contributed by atoms with E-state index in [0.29, 0.717) is 0 Å². The molecule has 0 rings (SSSR count). The second-order valence-electron chi connectivity index (χ2n) is 0.949. The van der Waals surface area contributed by atoms with Crippen LogP contribution in [0.2, 0.25) is 0 Å². The molecule has 0 aromatic rings. The van der Waals surface area contributed by atoms with Gasteiger partial charge >= 0.3 is 0 Å². The summed E-state index contributed by atoms with van der Waals surface area (Å²) in [6, 6.07) is 0. The van der Waals surface area contributed by atoms with E-state index in [-0.39, 0.29) is 0 Å². The SMILES string of the molecule is CCOSSSCC. The van der Waals surface area contributed by atoms with E-state index in [1.54, 1.807) is 20.6 Å². The summed E-state index contributed by atoms with van der Waals surface area (Å²) in [6.07, 6.45) is 0. The smallest absolute Gasteiger partial charge is 0.0740 e. The molecule has 8 heavy (non-hydrogen) atoms. The van der Waals surface area contributed by atoms with Crippen LogP contribution in [0.1, 0.15) is 13.8 Å². The minimum atomic E-state index is 0.794. The lowest BCUT2D eigenvalue weighted by atomic mass is 10.9. The highest BCUT2D eigenvalue weighted by molar-refractivity contribution is 9.08. The summed E-state index contributed by atoms with van der Waals surface area (Å²) in [5, 5.41) is 0. The second-order valence-corrected chi connectivity index (χ2v) is 5.02. The second kappa shape index (κ2) is 8.01. The zero-order valence-corrected chi connectivity index (χ0v) is 7.50. The Morgan fingerprint density at radius 2 is 2.12 bits per heavy atom. The van der Waals surface area contributed by atoms with Gasteiger partial charge in [-0.2, -0.15) is 0 Å². The van der Waals surface area contributed by atoms with E-state index in [2.05, 4.69) is 6.92 Å². The molecule has 50 valence electrons. The first kappa shape index (κ1) is 9.01. The first-order valence-electron chi connectivity index (χ1n) is 2.49. The fourth-order valence-electron chi connectivity index (χ4n) is 0.136. The van der Waals surface area contributed by atoms with Gasteiger partial charge < -0.3 is 4.18 Å². The van der Waals surface area contributed by atoms with E-state index in [0.717, 1.165) is 12.4 Å². The minimum Gasteiger partial charge on any atom is -0.305 e. The fraction of sp³-hybridized carbons (Fsp3) is 1.00. The summed E-state index contributed by atoms with van der Waals surface area (Å²) in [4.78, 5) is 0. The van der Waals surface area contributed by atoms with Crippen LogP contribution in [0, 0.1) is 0 Å². The van der Waals surface area contributed by atoms with Crippen LogP contribution in [-0.2, 0) is 4.18 Å². The number of rotatable bonds is 5. The molecule has 0 saturated heterocycles. The lowest BCUT2D eigenvalue weighted by Crippen LogP contribution is -1.70. The first-order valence-corrected chi connectivity index (χ1v) is 6.07. The summed E-state index contributed by atoms with van der Waals surface area (Å²) < 4.78 is 4.99. The van der Waals surface area contributed by atoms with E-state index in [9.17, 15) is 0 Å². The maximum Gasteiger partial charge on any atom is 0.0740 e. The van der Waals surface area contributed by atoms with Gasteiger partial charge in [0, 0.05) is 15.6 Å². The van der Waals surface area contributed by atoms with E-state index in [1.165, 1.54) is 11.1 Å². The molecule has 4 heteroatoms. The van der Waals surface area contributed by atoms with Crippen molar-refractivity contribution in [3.63, 3.8) is 0 Å². The molecule has 0 aliphatic carbocycles. The molecule has 0 aromatic carbocycles. The van der Waals surface area contributed by atoms with Crippen LogP contribution in [0.5, 0.6) is 0 Å². The maximum atomic E-state index is 4.99. The highest BCUT2D eigenvalue weighted by Gasteiger charge is 1.85. The van der Waals surface area contributed by atoms with Crippen molar-refractivity contribution in [1.82, 2.24) is 0 Å². The van der Waals surface area contributed by atoms with Crippen molar-refractivity contribution in [3.05, 3.63) is 0 Å². The predicted molar refractivity (Wildman–Crippen MR) is 44.9 cm³/mol. The van der Waals surface area contributed by atoms with Gasteiger partial charge in [0.05, 0.1) is 17.7 Å². The lowest BCUT2D eigenvalue weighted by Gasteiger charge is -1.93. The Balaban J connectivity index is 2.53. The first-order chi connectivity index (χ1) is 3.91. The standard InChI is InChI=1S/C4H10OS3/c1-3-5-7-8-6-4-2/h3-4H2,1-2H3. The molecule has 0 unspecified atom stereocenters. The quantitative estimate of drug-likeness (QED) is 0.356. The molecule has 0 N–H and O–H groups in total. The summed E-state index contributed by atoms with van der Waals surface area (Å²) in [5.74, 6) is 1.14. The summed E-state index contributed by atoms with van der Waals surface area (Å²) in [5.41, 5.74) is 0. The molecule has 0 radical (unpaired) electrons. The van der Waals surface area contributed by atoms with Crippen molar-refractivity contribution in [1.29, 1.82) is 0 Å². The van der Waals surface area contributed by atoms with Gasteiger partial charge in [-0.25, -0.2) is 0 Å². The van der Waals surface area contributed by atoms with Gasteiger partial charge in [-0.3, -0.25) is 0 Å². The molecule has 0 aliphatic heterocycles. The van der Waals surface area contributed by atoms with Crippen molar-refractivity contribution in [3.8, 4) is 0 Å². The van der Waals surface area contributed by atoms with Gasteiger partial charge in [0.1, 0.15) is 0 Å². The van der Waals surface area contributed by atoms with Gasteiger partial charge in [-0.1, -0.05) is 17.7 Å². The van der Waals surface area contributed by atoms with Crippen LogP contribution >= 0.6 is 31.7 Å². The van der Waals surface area contributed by atoms with E-state index in [1.807, 2.05) is 6.92 Å². The van der Waals surface area contributed by atoms with Crippen LogP contribution < -0.4 is 0 Å². The zero-order chi connectivity index (χ0) is 6.24. The Morgan fingerprint density at radius 3 is 2.62 bits per heavy atom. The van der Waals surface area contributed by atoms with Gasteiger partial charge in [0.2, 0.25) is 0 Å². The van der Waals surface area contributed by atoms with Crippen molar-refractivity contribution in [2.45, 2.75) is 13.8 Å². The Bertz CT molecular complexity index is 36.3. The van der Waals surface area contributed by atoms with Crippen LogP contribution in [0.25, 0.3) is 0 Å². The third-order valence-electron chi connectivity index (χ3n) is 0.360. The van der Waals surface area contributed by atoms with E-state index >= 15 is 0 Å². The topological polar surface area (TPSA) is 9.23 Å². The van der Waals surface area contributed by atoms with Gasteiger partial charge in [-0.05, 0) is 6.92 Å². The molecule has 0 aromatic heterocycles. The Hall–Kier alpha value is 1.01. The summed E-state index contributed by atoms with van der Waals surface area (Å²) in [6.45, 7) is 4.91. The molecule has 0 bridgehead atoms. The fourth-order valence-corrected chi connectivity index (χ4v) is 2.79. The van der Waals surface area contributed by atoms with E-state index < -0.39 is 0 Å². The van der Waals surface area contributed by atoms with Crippen LogP contribution in [0.15, 0.2) is 0 Å². The zero-order valence-electron chi connectivity index (χ0n) is 5.05. The Labute approximate surface area is 62.3 Å². The highest BCUT2D eigenvalue weighted by Crippen LogP contribution is 2.34. The third kappa shape index (κ3) is 7.01. The molecule has 0 saturated carbocycles. The number of hydrogen-bond acceptors (Lipinski definition) is 4. The molecular weight excluding hydrogens is 160 g/mol. The highest BCUT2D eigenvalue weighted by atomic mass is 33.5. The van der Waals surface area contributed by atoms with Crippen LogP contribution in [0.4, 0.5) is 0 Å². The normalized spacial score (nSPS) is 9.75. The third-order valence-corrected chi connectivity index (χ3v) is 3.90. The largest absolute Gasteiger partial charge is 0.305 e. The average Bonchev–Trinajstić information content (AvgIpc) is 1.81. The molecule has 0 fully saturated rings. The van der Waals surface area contributed by atoms with Crippen molar-refractivity contribution in [2.24, 2.45) is 0 Å². The van der Waals surface area contributed by atoms with Crippen molar-refractivity contribution in [2.75, 3.05) is 12.4 Å². The molecule has 0 amide bonds. The Morgan fingerprint density at radius 1 is 1.38 bits per heavy atom. The average molecular weight is 170 g/mol. The Kier molecular flexibility index (Phi) is 9.02. The van der Waals surface area contributed by atoms with Gasteiger partial charge in [0.25, 0.3) is 0 Å². The van der Waals surface area contributed by atoms with Gasteiger partial charge in [-0.15, -0.1) is 0 Å². The maximum absolute atomic E-state index is 4.99. The minimum absolute atomic E-state index is 0.794. The molecule has 0 heterocycles. The molecule has 0 atom stereocenters. The molecular formula is C4H10OS3. The van der Waals surface area contributed by atoms with Crippen molar-refractivity contribution < 1.29 is 4.18 Å². The van der Waals surface area contributed by atoms with Gasteiger partial charge in [0.15, 0.2) is 0 Å².